The molecule has 0 spiro atoms. The van der Waals surface area contributed by atoms with Gasteiger partial charge >= 0.3 is 17.9 Å². The highest BCUT2D eigenvalue weighted by Gasteiger charge is 2.44. The molecular weight excluding hydrogens is 464 g/mol. The molecule has 0 bridgehead atoms. The second-order valence-electron chi connectivity index (χ2n) is 7.11. The van der Waals surface area contributed by atoms with Crippen molar-refractivity contribution in [2.75, 3.05) is 26.2 Å². The Morgan fingerprint density at radius 3 is 2.06 bits per heavy atom. The summed E-state index contributed by atoms with van der Waals surface area (Å²) in [6, 6.07) is 11.2. The van der Waals surface area contributed by atoms with Crippen molar-refractivity contribution in [1.29, 1.82) is 5.26 Å². The topological polar surface area (TPSA) is 132 Å². The summed E-state index contributed by atoms with van der Waals surface area (Å²) in [6.07, 6.45) is 0. The molecule has 1 atom stereocenters. The van der Waals surface area contributed by atoms with Crippen LogP contribution in [0.5, 0.6) is 0 Å². The predicted molar refractivity (Wildman–Crippen MR) is 117 cm³/mol. The van der Waals surface area contributed by atoms with Crippen LogP contribution >= 0.6 is 0 Å². The van der Waals surface area contributed by atoms with Crippen LogP contribution in [-0.2, 0) is 23.8 Å². The monoisotopic (exact) mass is 483 g/mol. The molecule has 9 nitrogen and oxygen atoms in total. The van der Waals surface area contributed by atoms with Crippen LogP contribution in [0.15, 0.2) is 65.1 Å². The van der Waals surface area contributed by atoms with Crippen LogP contribution < -0.4 is 10.6 Å². The first-order chi connectivity index (χ1) is 16.7. The van der Waals surface area contributed by atoms with Gasteiger partial charge < -0.3 is 19.9 Å². The van der Waals surface area contributed by atoms with Gasteiger partial charge in [0.1, 0.15) is 11.5 Å². The lowest BCUT2D eigenvalue weighted by atomic mass is 9.80. The number of allylic oxidation sites excluding steroid dienone is 1. The second kappa shape index (κ2) is 10.0. The zero-order valence-electron chi connectivity index (χ0n) is 18.8. The maximum absolute atomic E-state index is 14.4. The first kappa shape index (κ1) is 24.9. The number of ether oxygens (including phenoxy) is 3. The first-order valence-corrected chi connectivity index (χ1v) is 9.94. The van der Waals surface area contributed by atoms with Gasteiger partial charge in [-0.25, -0.2) is 23.2 Å². The summed E-state index contributed by atoms with van der Waals surface area (Å²) >= 11 is 0. The van der Waals surface area contributed by atoms with E-state index in [2.05, 4.69) is 4.74 Å². The van der Waals surface area contributed by atoms with E-state index in [9.17, 15) is 28.4 Å². The number of nitriles is 1. The SMILES string of the molecule is COC(=O)C1=C(C(=O)OC)N(c2cc(F)c(F)cc2C(=O)OC)C(N)=C(C#N)C1c1ccccc1. The number of nitrogens with zero attached hydrogens (tertiary/aromatic N) is 2. The molecule has 2 N–H and O–H groups in total. The van der Waals surface area contributed by atoms with Gasteiger partial charge in [0.2, 0.25) is 0 Å². The van der Waals surface area contributed by atoms with E-state index in [4.69, 9.17) is 15.2 Å². The van der Waals surface area contributed by atoms with E-state index in [1.165, 1.54) is 0 Å². The molecule has 2 aromatic carbocycles. The second-order valence-corrected chi connectivity index (χ2v) is 7.11. The molecule has 0 fully saturated rings. The van der Waals surface area contributed by atoms with Crippen molar-refractivity contribution in [3.63, 3.8) is 0 Å². The molecule has 180 valence electrons. The fourth-order valence-corrected chi connectivity index (χ4v) is 3.76. The highest BCUT2D eigenvalue weighted by Crippen LogP contribution is 2.44. The van der Waals surface area contributed by atoms with Crippen molar-refractivity contribution >= 4 is 23.6 Å². The van der Waals surface area contributed by atoms with Crippen molar-refractivity contribution in [1.82, 2.24) is 0 Å². The highest BCUT2D eigenvalue weighted by molar-refractivity contribution is 6.08. The number of carbonyl (C=O) groups is 3. The molecule has 0 saturated carbocycles. The molecular formula is C24H19F2N3O6. The molecule has 11 heteroatoms. The Bertz CT molecular complexity index is 1310. The molecule has 2 aromatic rings. The average molecular weight is 483 g/mol. The van der Waals surface area contributed by atoms with Gasteiger partial charge in [-0.1, -0.05) is 30.3 Å². The third-order valence-corrected chi connectivity index (χ3v) is 5.30. The fraction of sp³-hybridized carbons (Fsp3) is 0.167. The quantitative estimate of drug-likeness (QED) is 0.503. The van der Waals surface area contributed by atoms with E-state index in [1.807, 2.05) is 6.07 Å². The normalized spacial score (nSPS) is 15.4. The predicted octanol–water partition coefficient (Wildman–Crippen LogP) is 2.65. The summed E-state index contributed by atoms with van der Waals surface area (Å²) < 4.78 is 42.8. The van der Waals surface area contributed by atoms with Gasteiger partial charge in [-0.05, 0) is 11.6 Å². The molecule has 0 radical (unpaired) electrons. The Hall–Kier alpha value is -4.72. The van der Waals surface area contributed by atoms with Crippen molar-refractivity contribution in [3.05, 3.63) is 87.9 Å². The lowest BCUT2D eigenvalue weighted by Crippen LogP contribution is -2.41. The number of nitrogens with two attached hydrogens (primary N) is 1. The van der Waals surface area contributed by atoms with E-state index in [-0.39, 0.29) is 11.1 Å². The number of esters is 3. The lowest BCUT2D eigenvalue weighted by molar-refractivity contribution is -0.139. The van der Waals surface area contributed by atoms with Crippen LogP contribution in [0.3, 0.4) is 0 Å². The largest absolute Gasteiger partial charge is 0.466 e. The maximum atomic E-state index is 14.4. The van der Waals surface area contributed by atoms with Crippen LogP contribution in [-0.4, -0.2) is 39.2 Å². The van der Waals surface area contributed by atoms with E-state index < -0.39 is 58.2 Å². The van der Waals surface area contributed by atoms with E-state index in [1.54, 1.807) is 30.3 Å². The van der Waals surface area contributed by atoms with Gasteiger partial charge in [0.05, 0.1) is 55.7 Å². The molecule has 1 aliphatic heterocycles. The summed E-state index contributed by atoms with van der Waals surface area (Å²) in [5, 5.41) is 10.0. The van der Waals surface area contributed by atoms with Gasteiger partial charge in [0, 0.05) is 6.07 Å². The molecule has 0 aliphatic carbocycles. The van der Waals surface area contributed by atoms with Crippen LogP contribution in [0, 0.1) is 23.0 Å². The van der Waals surface area contributed by atoms with Gasteiger partial charge in [-0.2, -0.15) is 5.26 Å². The minimum atomic E-state index is -1.40. The summed E-state index contributed by atoms with van der Waals surface area (Å²) in [6.45, 7) is 0. The number of carbonyl (C=O) groups excluding carboxylic acids is 3. The van der Waals surface area contributed by atoms with Crippen LogP contribution in [0.25, 0.3) is 0 Å². The van der Waals surface area contributed by atoms with Crippen molar-refractivity contribution in [3.8, 4) is 6.07 Å². The molecule has 0 amide bonds. The summed E-state index contributed by atoms with van der Waals surface area (Å²) in [7, 11) is 3.08. The minimum absolute atomic E-state index is 0.218. The average Bonchev–Trinajstić information content (AvgIpc) is 2.88. The number of hydrogen-bond acceptors (Lipinski definition) is 9. The Morgan fingerprint density at radius 1 is 0.943 bits per heavy atom. The Morgan fingerprint density at radius 2 is 1.51 bits per heavy atom. The van der Waals surface area contributed by atoms with E-state index >= 15 is 0 Å². The molecule has 0 saturated heterocycles. The number of hydrogen-bond donors (Lipinski definition) is 1. The molecule has 3 rings (SSSR count). The third kappa shape index (κ3) is 4.29. The van der Waals surface area contributed by atoms with E-state index in [0.717, 1.165) is 26.2 Å². The van der Waals surface area contributed by atoms with Crippen LogP contribution in [0.1, 0.15) is 21.8 Å². The smallest absolute Gasteiger partial charge is 0.355 e. The zero-order chi connectivity index (χ0) is 25.9. The Balaban J connectivity index is 2.51. The zero-order valence-corrected chi connectivity index (χ0v) is 18.8. The first-order valence-electron chi connectivity index (χ1n) is 9.94. The number of rotatable bonds is 5. The molecule has 1 unspecified atom stereocenters. The van der Waals surface area contributed by atoms with Crippen LogP contribution in [0.2, 0.25) is 0 Å². The standard InChI is InChI=1S/C24H19F2N3O6/c1-33-22(30)13-9-15(25)16(26)10-17(13)29-20(24(32)35-3)19(23(31)34-2)18(14(11-27)21(29)28)12-7-5-4-6-8-12/h4-10,18H,28H2,1-3H3. The molecule has 35 heavy (non-hydrogen) atoms. The minimum Gasteiger partial charge on any atom is -0.466 e. The fourth-order valence-electron chi connectivity index (χ4n) is 3.76. The lowest BCUT2D eigenvalue weighted by Gasteiger charge is -2.36. The van der Waals surface area contributed by atoms with Crippen molar-refractivity contribution in [2.24, 2.45) is 5.73 Å². The summed E-state index contributed by atoms with van der Waals surface area (Å²) in [4.78, 5) is 39.2. The Labute approximate surface area is 198 Å². The van der Waals surface area contributed by atoms with Crippen molar-refractivity contribution < 1.29 is 37.4 Å². The van der Waals surface area contributed by atoms with Crippen LogP contribution in [0.4, 0.5) is 14.5 Å². The van der Waals surface area contributed by atoms with Gasteiger partial charge in [0.15, 0.2) is 11.6 Å². The summed E-state index contributed by atoms with van der Waals surface area (Å²) in [5.41, 5.74) is 4.58. The van der Waals surface area contributed by atoms with Gasteiger partial charge in [-0.3, -0.25) is 4.90 Å². The molecule has 0 aromatic heterocycles. The van der Waals surface area contributed by atoms with Gasteiger partial charge in [-0.15, -0.1) is 0 Å². The van der Waals surface area contributed by atoms with Crippen molar-refractivity contribution in [2.45, 2.75) is 5.92 Å². The highest BCUT2D eigenvalue weighted by atomic mass is 19.2. The molecule has 1 aliphatic rings. The number of anilines is 1. The van der Waals surface area contributed by atoms with E-state index in [0.29, 0.717) is 17.7 Å². The van der Waals surface area contributed by atoms with Gasteiger partial charge in [0.25, 0.3) is 0 Å². The maximum Gasteiger partial charge on any atom is 0.355 e. The number of halogens is 2. The summed E-state index contributed by atoms with van der Waals surface area (Å²) in [5.74, 6) is -7.62. The Kier molecular flexibility index (Phi) is 7.15. The number of methoxy groups -OCH3 is 3. The number of benzene rings is 2. The molecule has 1 heterocycles. The third-order valence-electron chi connectivity index (χ3n) is 5.30.